The molecule has 0 radical (unpaired) electrons. The Kier molecular flexibility index (Phi) is 5.73. The number of rotatable bonds is 6. The highest BCUT2D eigenvalue weighted by atomic mass is 16.6. The molecule has 0 aromatic carbocycles. The van der Waals surface area contributed by atoms with Crippen molar-refractivity contribution in [1.29, 1.82) is 0 Å². The summed E-state index contributed by atoms with van der Waals surface area (Å²) in [5.41, 5.74) is -2.04. The zero-order valence-electron chi connectivity index (χ0n) is 12.0. The molecule has 0 heterocycles. The van der Waals surface area contributed by atoms with Crippen LogP contribution in [0.1, 0.15) is 33.6 Å². The SMILES string of the molecule is CCOC(=O)C(OC(C)=O)(C(=O)OCC)C1C=CCC1. The molecule has 0 N–H and O–H groups in total. The van der Waals surface area contributed by atoms with Gasteiger partial charge in [0, 0.05) is 12.8 Å². The topological polar surface area (TPSA) is 78.9 Å². The monoisotopic (exact) mass is 284 g/mol. The van der Waals surface area contributed by atoms with Gasteiger partial charge in [0.2, 0.25) is 0 Å². The third-order valence-corrected chi connectivity index (χ3v) is 3.00. The normalized spacial score (nSPS) is 17.6. The highest BCUT2D eigenvalue weighted by molar-refractivity contribution is 6.06. The molecule has 6 heteroatoms. The molecule has 0 saturated heterocycles. The van der Waals surface area contributed by atoms with Gasteiger partial charge in [-0.3, -0.25) is 4.79 Å². The van der Waals surface area contributed by atoms with E-state index in [1.165, 1.54) is 0 Å². The molecule has 0 fully saturated rings. The van der Waals surface area contributed by atoms with Gasteiger partial charge in [-0.2, -0.15) is 0 Å². The van der Waals surface area contributed by atoms with E-state index in [9.17, 15) is 14.4 Å². The molecule has 112 valence electrons. The summed E-state index contributed by atoms with van der Waals surface area (Å²) in [6, 6.07) is 0. The molecule has 1 atom stereocenters. The standard InChI is InChI=1S/C14H20O6/c1-4-18-12(16)14(20-10(3)15,13(17)19-5-2)11-8-6-7-9-11/h6,8,11H,4-5,7,9H2,1-3H3. The number of carbonyl (C=O) groups is 3. The Balaban J connectivity index is 3.22. The van der Waals surface area contributed by atoms with E-state index in [0.29, 0.717) is 12.8 Å². The summed E-state index contributed by atoms with van der Waals surface area (Å²) in [5.74, 6) is -3.06. The van der Waals surface area contributed by atoms with E-state index in [0.717, 1.165) is 6.92 Å². The van der Waals surface area contributed by atoms with E-state index < -0.39 is 29.4 Å². The lowest BCUT2D eigenvalue weighted by Crippen LogP contribution is -2.56. The van der Waals surface area contributed by atoms with Crippen molar-refractivity contribution >= 4 is 17.9 Å². The summed E-state index contributed by atoms with van der Waals surface area (Å²) >= 11 is 0. The predicted molar refractivity (Wildman–Crippen MR) is 69.6 cm³/mol. The van der Waals surface area contributed by atoms with Crippen LogP contribution in [0.2, 0.25) is 0 Å². The Labute approximate surface area is 118 Å². The summed E-state index contributed by atoms with van der Waals surface area (Å²) in [4.78, 5) is 35.9. The second-order valence-corrected chi connectivity index (χ2v) is 4.38. The Morgan fingerprint density at radius 2 is 1.70 bits per heavy atom. The van der Waals surface area contributed by atoms with E-state index in [1.807, 2.05) is 6.08 Å². The number of esters is 3. The zero-order valence-corrected chi connectivity index (χ0v) is 12.0. The number of allylic oxidation sites excluding steroid dienone is 1. The average molecular weight is 284 g/mol. The van der Waals surface area contributed by atoms with Crippen LogP contribution in [0.15, 0.2) is 12.2 Å². The molecule has 0 bridgehead atoms. The quantitative estimate of drug-likeness (QED) is 0.317. The minimum atomic E-state index is -2.04. The minimum Gasteiger partial charge on any atom is -0.463 e. The van der Waals surface area contributed by atoms with Crippen LogP contribution in [0.3, 0.4) is 0 Å². The lowest BCUT2D eigenvalue weighted by molar-refractivity contribution is -0.200. The maximum atomic E-state index is 12.3. The predicted octanol–water partition coefficient (Wildman–Crippen LogP) is 1.38. The first-order valence-electron chi connectivity index (χ1n) is 6.69. The summed E-state index contributed by atoms with van der Waals surface area (Å²) in [6.07, 6.45) is 4.75. The summed E-state index contributed by atoms with van der Waals surface area (Å²) in [5, 5.41) is 0. The first kappa shape index (κ1) is 16.2. The van der Waals surface area contributed by atoms with Crippen molar-refractivity contribution in [2.24, 2.45) is 5.92 Å². The molecular formula is C14H20O6. The summed E-state index contributed by atoms with van der Waals surface area (Å²) in [6.45, 7) is 4.54. The molecule has 6 nitrogen and oxygen atoms in total. The molecule has 1 aliphatic carbocycles. The van der Waals surface area contributed by atoms with E-state index in [4.69, 9.17) is 14.2 Å². The molecule has 1 unspecified atom stereocenters. The lowest BCUT2D eigenvalue weighted by Gasteiger charge is -2.32. The molecule has 20 heavy (non-hydrogen) atoms. The van der Waals surface area contributed by atoms with Gasteiger partial charge in [-0.25, -0.2) is 9.59 Å². The Bertz CT molecular complexity index is 394. The number of hydrogen-bond donors (Lipinski definition) is 0. The minimum absolute atomic E-state index is 0.0810. The van der Waals surface area contributed by atoms with Gasteiger partial charge in [-0.1, -0.05) is 12.2 Å². The fraction of sp³-hybridized carbons (Fsp3) is 0.643. The molecule has 0 spiro atoms. The van der Waals surface area contributed by atoms with Crippen molar-refractivity contribution in [1.82, 2.24) is 0 Å². The van der Waals surface area contributed by atoms with Crippen LogP contribution >= 0.6 is 0 Å². The molecular weight excluding hydrogens is 264 g/mol. The van der Waals surface area contributed by atoms with Crippen LogP contribution < -0.4 is 0 Å². The smallest absolute Gasteiger partial charge is 0.363 e. The summed E-state index contributed by atoms with van der Waals surface area (Å²) < 4.78 is 15.0. The molecule has 0 aliphatic heterocycles. The van der Waals surface area contributed by atoms with Gasteiger partial charge in [0.25, 0.3) is 0 Å². The van der Waals surface area contributed by atoms with E-state index in [-0.39, 0.29) is 13.2 Å². The number of hydrogen-bond acceptors (Lipinski definition) is 6. The largest absolute Gasteiger partial charge is 0.463 e. The lowest BCUT2D eigenvalue weighted by atomic mass is 9.86. The average Bonchev–Trinajstić information content (AvgIpc) is 2.90. The highest BCUT2D eigenvalue weighted by Crippen LogP contribution is 2.34. The van der Waals surface area contributed by atoms with Crippen LogP contribution in [0.4, 0.5) is 0 Å². The van der Waals surface area contributed by atoms with Crippen molar-refractivity contribution in [3.63, 3.8) is 0 Å². The maximum Gasteiger partial charge on any atom is 0.363 e. The van der Waals surface area contributed by atoms with Crippen LogP contribution in [0.5, 0.6) is 0 Å². The molecule has 0 saturated carbocycles. The van der Waals surface area contributed by atoms with E-state index in [1.54, 1.807) is 19.9 Å². The molecule has 1 aliphatic rings. The van der Waals surface area contributed by atoms with Crippen molar-refractivity contribution in [2.45, 2.75) is 39.2 Å². The molecule has 1 rings (SSSR count). The molecule has 0 amide bonds. The fourth-order valence-corrected chi connectivity index (χ4v) is 2.22. The van der Waals surface area contributed by atoms with Crippen molar-refractivity contribution in [2.75, 3.05) is 13.2 Å². The summed E-state index contributed by atoms with van der Waals surface area (Å²) in [7, 11) is 0. The fourth-order valence-electron chi connectivity index (χ4n) is 2.22. The Morgan fingerprint density at radius 3 is 2.05 bits per heavy atom. The van der Waals surface area contributed by atoms with Gasteiger partial charge < -0.3 is 14.2 Å². The maximum absolute atomic E-state index is 12.3. The highest BCUT2D eigenvalue weighted by Gasteiger charge is 2.58. The van der Waals surface area contributed by atoms with Gasteiger partial charge in [0.15, 0.2) is 0 Å². The van der Waals surface area contributed by atoms with Crippen LogP contribution in [-0.2, 0) is 28.6 Å². The number of ether oxygens (including phenoxy) is 3. The van der Waals surface area contributed by atoms with Gasteiger partial charge in [0.05, 0.1) is 13.2 Å². The van der Waals surface area contributed by atoms with Crippen LogP contribution in [0.25, 0.3) is 0 Å². The second kappa shape index (κ2) is 7.07. The van der Waals surface area contributed by atoms with Crippen molar-refractivity contribution in [3.8, 4) is 0 Å². The van der Waals surface area contributed by atoms with Crippen LogP contribution in [0, 0.1) is 5.92 Å². The van der Waals surface area contributed by atoms with Gasteiger partial charge in [-0.05, 0) is 26.7 Å². The Morgan fingerprint density at radius 1 is 1.15 bits per heavy atom. The third kappa shape index (κ3) is 3.18. The molecule has 0 aromatic rings. The van der Waals surface area contributed by atoms with Crippen molar-refractivity contribution < 1.29 is 28.6 Å². The zero-order chi connectivity index (χ0) is 15.2. The Hall–Kier alpha value is -1.85. The van der Waals surface area contributed by atoms with Crippen LogP contribution in [-0.4, -0.2) is 36.7 Å². The first-order chi connectivity index (χ1) is 9.48. The van der Waals surface area contributed by atoms with Crippen molar-refractivity contribution in [3.05, 3.63) is 12.2 Å². The number of carbonyl (C=O) groups excluding carboxylic acids is 3. The van der Waals surface area contributed by atoms with Gasteiger partial charge in [0.1, 0.15) is 0 Å². The second-order valence-electron chi connectivity index (χ2n) is 4.38. The van der Waals surface area contributed by atoms with E-state index >= 15 is 0 Å². The van der Waals surface area contributed by atoms with E-state index in [2.05, 4.69) is 0 Å². The first-order valence-corrected chi connectivity index (χ1v) is 6.69. The molecule has 0 aromatic heterocycles. The van der Waals surface area contributed by atoms with Gasteiger partial charge >= 0.3 is 23.5 Å². The third-order valence-electron chi connectivity index (χ3n) is 3.00. The van der Waals surface area contributed by atoms with Gasteiger partial charge in [-0.15, -0.1) is 0 Å².